The molecule has 1 heteroatoms. The van der Waals surface area contributed by atoms with E-state index in [0.29, 0.717) is 11.3 Å². The number of hydrogen-bond donors (Lipinski definition) is 1. The van der Waals surface area contributed by atoms with E-state index in [-0.39, 0.29) is 0 Å². The van der Waals surface area contributed by atoms with Gasteiger partial charge in [-0.1, -0.05) is 38.1 Å². The number of likely N-dealkylation sites (N-methyl/N-ethyl adjacent to an activating group) is 1. The van der Waals surface area contributed by atoms with Crippen molar-refractivity contribution in [3.8, 4) is 0 Å². The topological polar surface area (TPSA) is 12.0 Å². The molecule has 0 bridgehead atoms. The van der Waals surface area contributed by atoms with Crippen LogP contribution in [0.2, 0.25) is 0 Å². The Bertz CT molecular complexity index is 417. The molecular weight excluding hydrogens is 218 g/mol. The fraction of sp³-hybridized carbons (Fsp3) is 0.647. The molecule has 18 heavy (non-hydrogen) atoms. The Kier molecular flexibility index (Phi) is 2.78. The van der Waals surface area contributed by atoms with E-state index in [1.807, 2.05) is 0 Å². The fourth-order valence-electron chi connectivity index (χ4n) is 3.91. The molecule has 1 aromatic carbocycles. The minimum Gasteiger partial charge on any atom is -0.319 e. The van der Waals surface area contributed by atoms with Gasteiger partial charge in [-0.2, -0.15) is 0 Å². The average molecular weight is 243 g/mol. The smallest absolute Gasteiger partial charge is 0.00882 e. The van der Waals surface area contributed by atoms with Gasteiger partial charge in [-0.15, -0.1) is 0 Å². The predicted octanol–water partition coefficient (Wildman–Crippen LogP) is 3.84. The summed E-state index contributed by atoms with van der Waals surface area (Å²) in [5.74, 6) is 0.635. The molecule has 0 atom stereocenters. The fourth-order valence-corrected chi connectivity index (χ4v) is 3.91. The molecule has 0 aliphatic heterocycles. The van der Waals surface area contributed by atoms with Crippen LogP contribution in [0.4, 0.5) is 0 Å². The lowest BCUT2D eigenvalue weighted by Crippen LogP contribution is -2.49. The molecule has 2 aliphatic carbocycles. The predicted molar refractivity (Wildman–Crippen MR) is 77.0 cm³/mol. The Hall–Kier alpha value is -0.820. The van der Waals surface area contributed by atoms with Gasteiger partial charge in [0.15, 0.2) is 0 Å². The molecule has 3 rings (SSSR count). The molecule has 1 nitrogen and oxygen atoms in total. The maximum atomic E-state index is 3.41. The van der Waals surface area contributed by atoms with Crippen molar-refractivity contribution in [3.63, 3.8) is 0 Å². The Morgan fingerprint density at radius 3 is 2.17 bits per heavy atom. The maximum Gasteiger partial charge on any atom is 0.00882 e. The van der Waals surface area contributed by atoms with Crippen molar-refractivity contribution < 1.29 is 0 Å². The van der Waals surface area contributed by atoms with Crippen molar-refractivity contribution in [1.82, 2.24) is 5.32 Å². The first-order chi connectivity index (χ1) is 8.59. The summed E-state index contributed by atoms with van der Waals surface area (Å²) in [5, 5.41) is 3.41. The molecule has 2 saturated carbocycles. The van der Waals surface area contributed by atoms with Crippen molar-refractivity contribution in [3.05, 3.63) is 35.4 Å². The average Bonchev–Trinajstić information content (AvgIpc) is 3.09. The number of benzene rings is 1. The van der Waals surface area contributed by atoms with Gasteiger partial charge in [-0.3, -0.25) is 0 Å². The van der Waals surface area contributed by atoms with E-state index in [4.69, 9.17) is 0 Å². The van der Waals surface area contributed by atoms with Crippen LogP contribution in [0.1, 0.15) is 56.6 Å². The molecule has 1 spiro atoms. The van der Waals surface area contributed by atoms with Gasteiger partial charge in [-0.05, 0) is 55.2 Å². The van der Waals surface area contributed by atoms with Gasteiger partial charge in [0, 0.05) is 12.0 Å². The minimum absolute atomic E-state index is 0.431. The molecular formula is C17H25N. The van der Waals surface area contributed by atoms with Crippen LogP contribution in [0.25, 0.3) is 0 Å². The SMILES string of the molecule is CNCC1(c2ccc(C(C)C)cc2)CC2(CC2)C1. The van der Waals surface area contributed by atoms with Crippen LogP contribution in [0.15, 0.2) is 24.3 Å². The van der Waals surface area contributed by atoms with Gasteiger partial charge < -0.3 is 5.32 Å². The van der Waals surface area contributed by atoms with Gasteiger partial charge in [0.1, 0.15) is 0 Å². The second-order valence-electron chi connectivity index (χ2n) is 6.94. The van der Waals surface area contributed by atoms with E-state index in [9.17, 15) is 0 Å². The molecule has 2 aliphatic rings. The largest absolute Gasteiger partial charge is 0.319 e. The third kappa shape index (κ3) is 1.89. The second-order valence-corrected chi connectivity index (χ2v) is 6.94. The third-order valence-corrected chi connectivity index (χ3v) is 5.09. The highest BCUT2D eigenvalue weighted by molar-refractivity contribution is 5.36. The van der Waals surface area contributed by atoms with E-state index in [1.165, 1.54) is 31.2 Å². The Morgan fingerprint density at radius 2 is 1.72 bits per heavy atom. The van der Waals surface area contributed by atoms with Crippen LogP contribution in [-0.4, -0.2) is 13.6 Å². The molecule has 0 radical (unpaired) electrons. The second kappa shape index (κ2) is 4.09. The van der Waals surface area contributed by atoms with Gasteiger partial charge >= 0.3 is 0 Å². The van der Waals surface area contributed by atoms with Crippen molar-refractivity contribution in [2.24, 2.45) is 5.41 Å². The highest BCUT2D eigenvalue weighted by Gasteiger charge is 2.60. The van der Waals surface area contributed by atoms with E-state index in [2.05, 4.69) is 50.5 Å². The van der Waals surface area contributed by atoms with Crippen LogP contribution in [-0.2, 0) is 5.41 Å². The zero-order chi connectivity index (χ0) is 12.8. The Balaban J connectivity index is 1.82. The molecule has 2 fully saturated rings. The standard InChI is InChI=1S/C17H25N/c1-13(2)14-4-6-15(7-5-14)17(12-18-3)10-16(11-17)8-9-16/h4-7,13,18H,8-12H2,1-3H3. The lowest BCUT2D eigenvalue weighted by molar-refractivity contribution is 0.118. The third-order valence-electron chi connectivity index (χ3n) is 5.09. The minimum atomic E-state index is 0.431. The molecule has 0 aromatic heterocycles. The van der Waals surface area contributed by atoms with E-state index < -0.39 is 0 Å². The molecule has 0 unspecified atom stereocenters. The van der Waals surface area contributed by atoms with Gasteiger partial charge in [-0.25, -0.2) is 0 Å². The van der Waals surface area contributed by atoms with Gasteiger partial charge in [0.2, 0.25) is 0 Å². The summed E-state index contributed by atoms with van der Waals surface area (Å²) in [6, 6.07) is 9.41. The highest BCUT2D eigenvalue weighted by Crippen LogP contribution is 2.68. The van der Waals surface area contributed by atoms with Crippen molar-refractivity contribution in [2.75, 3.05) is 13.6 Å². The monoisotopic (exact) mass is 243 g/mol. The first kappa shape index (κ1) is 12.2. The molecule has 0 heterocycles. The first-order valence-corrected chi connectivity index (χ1v) is 7.34. The first-order valence-electron chi connectivity index (χ1n) is 7.34. The number of nitrogens with one attached hydrogen (secondary N) is 1. The molecule has 98 valence electrons. The van der Waals surface area contributed by atoms with Crippen molar-refractivity contribution in [2.45, 2.75) is 50.9 Å². The lowest BCUT2D eigenvalue weighted by Gasteiger charge is -2.49. The summed E-state index contributed by atoms with van der Waals surface area (Å²) in [5.41, 5.74) is 4.20. The Labute approximate surface area is 111 Å². The molecule has 0 saturated heterocycles. The summed E-state index contributed by atoms with van der Waals surface area (Å²) >= 11 is 0. The summed E-state index contributed by atoms with van der Waals surface area (Å²) < 4.78 is 0. The van der Waals surface area contributed by atoms with Gasteiger partial charge in [0.25, 0.3) is 0 Å². The zero-order valence-electron chi connectivity index (χ0n) is 11.9. The lowest BCUT2D eigenvalue weighted by atomic mass is 9.56. The maximum absolute atomic E-state index is 3.41. The quantitative estimate of drug-likeness (QED) is 0.847. The highest BCUT2D eigenvalue weighted by atomic mass is 14.9. The van der Waals surface area contributed by atoms with E-state index >= 15 is 0 Å². The van der Waals surface area contributed by atoms with E-state index in [0.717, 1.165) is 12.0 Å². The van der Waals surface area contributed by atoms with Crippen LogP contribution in [0, 0.1) is 5.41 Å². The summed E-state index contributed by atoms with van der Waals surface area (Å²) in [7, 11) is 2.09. The van der Waals surface area contributed by atoms with Crippen LogP contribution in [0.5, 0.6) is 0 Å². The normalized spacial score (nSPS) is 23.1. The number of hydrogen-bond acceptors (Lipinski definition) is 1. The summed E-state index contributed by atoms with van der Waals surface area (Å²) in [4.78, 5) is 0. The molecule has 1 N–H and O–H groups in total. The molecule has 0 amide bonds. The van der Waals surface area contributed by atoms with E-state index in [1.54, 1.807) is 5.56 Å². The Morgan fingerprint density at radius 1 is 1.11 bits per heavy atom. The van der Waals surface area contributed by atoms with Crippen LogP contribution >= 0.6 is 0 Å². The van der Waals surface area contributed by atoms with Gasteiger partial charge in [0.05, 0.1) is 0 Å². The van der Waals surface area contributed by atoms with Crippen LogP contribution < -0.4 is 5.32 Å². The molecule has 1 aromatic rings. The van der Waals surface area contributed by atoms with Crippen molar-refractivity contribution in [1.29, 1.82) is 0 Å². The zero-order valence-corrected chi connectivity index (χ0v) is 11.9. The number of rotatable bonds is 4. The summed E-state index contributed by atoms with van der Waals surface area (Å²) in [6.45, 7) is 5.66. The summed E-state index contributed by atoms with van der Waals surface area (Å²) in [6.07, 6.45) is 5.76. The van der Waals surface area contributed by atoms with Crippen LogP contribution in [0.3, 0.4) is 0 Å². The van der Waals surface area contributed by atoms with Crippen molar-refractivity contribution >= 4 is 0 Å².